The molecule has 0 radical (unpaired) electrons. The fourth-order valence-electron chi connectivity index (χ4n) is 1.93. The van der Waals surface area contributed by atoms with Crippen molar-refractivity contribution in [1.29, 1.82) is 0 Å². The Kier molecular flexibility index (Phi) is 4.50. The lowest BCUT2D eigenvalue weighted by molar-refractivity contribution is -0.140. The molecule has 4 nitrogen and oxygen atoms in total. The second kappa shape index (κ2) is 6.12. The number of methoxy groups -OCH3 is 1. The lowest BCUT2D eigenvalue weighted by atomic mass is 9.97. The van der Waals surface area contributed by atoms with Gasteiger partial charge >= 0.3 is 5.97 Å². The zero-order valence-corrected chi connectivity index (χ0v) is 10.8. The van der Waals surface area contributed by atoms with Crippen molar-refractivity contribution in [3.8, 4) is 0 Å². The monoisotopic (exact) mass is 255 g/mol. The van der Waals surface area contributed by atoms with Gasteiger partial charge in [0.05, 0.1) is 24.2 Å². The van der Waals surface area contributed by atoms with Crippen LogP contribution >= 0.6 is 11.3 Å². The van der Waals surface area contributed by atoms with Crippen LogP contribution in [-0.4, -0.2) is 31.3 Å². The summed E-state index contributed by atoms with van der Waals surface area (Å²) in [5, 5.41) is 3.14. The summed E-state index contributed by atoms with van der Waals surface area (Å²) < 4.78 is 9.95. The molecule has 0 aromatic carbocycles. The van der Waals surface area contributed by atoms with Gasteiger partial charge in [-0.05, 0) is 12.8 Å². The Hall–Kier alpha value is -0.940. The van der Waals surface area contributed by atoms with Gasteiger partial charge in [0.15, 0.2) is 0 Å². The zero-order valence-electron chi connectivity index (χ0n) is 9.98. The molecule has 94 valence electrons. The summed E-state index contributed by atoms with van der Waals surface area (Å²) in [6, 6.07) is 0. The number of rotatable bonds is 4. The largest absolute Gasteiger partial charge is 0.469 e. The average molecular weight is 255 g/mol. The first-order chi connectivity index (χ1) is 8.29. The van der Waals surface area contributed by atoms with E-state index in [-0.39, 0.29) is 5.97 Å². The number of nitrogens with zero attached hydrogens (tertiary/aromatic N) is 1. The van der Waals surface area contributed by atoms with Crippen LogP contribution < -0.4 is 0 Å². The molecule has 0 bridgehead atoms. The van der Waals surface area contributed by atoms with Crippen molar-refractivity contribution in [3.05, 3.63) is 16.1 Å². The first-order valence-corrected chi connectivity index (χ1v) is 6.76. The van der Waals surface area contributed by atoms with Gasteiger partial charge in [-0.3, -0.25) is 4.79 Å². The van der Waals surface area contributed by atoms with E-state index in [1.54, 1.807) is 11.3 Å². The van der Waals surface area contributed by atoms with Crippen LogP contribution in [0.5, 0.6) is 0 Å². The van der Waals surface area contributed by atoms with E-state index in [9.17, 15) is 4.79 Å². The van der Waals surface area contributed by atoms with Gasteiger partial charge in [0, 0.05) is 30.9 Å². The van der Waals surface area contributed by atoms with Crippen LogP contribution in [0, 0.1) is 0 Å². The molecule has 17 heavy (non-hydrogen) atoms. The minimum atomic E-state index is -0.173. The fraction of sp³-hybridized carbons (Fsp3) is 0.667. The minimum absolute atomic E-state index is 0.173. The number of aryl methyl sites for hydroxylation is 1. The number of carbonyl (C=O) groups excluding carboxylic acids is 1. The van der Waals surface area contributed by atoms with E-state index >= 15 is 0 Å². The molecule has 0 N–H and O–H groups in total. The van der Waals surface area contributed by atoms with Crippen molar-refractivity contribution in [2.24, 2.45) is 0 Å². The summed E-state index contributed by atoms with van der Waals surface area (Å²) in [7, 11) is 1.41. The summed E-state index contributed by atoms with van der Waals surface area (Å²) in [4.78, 5) is 15.6. The van der Waals surface area contributed by atoms with Gasteiger partial charge < -0.3 is 9.47 Å². The predicted octanol–water partition coefficient (Wildman–Crippen LogP) is 2.14. The third-order valence-electron chi connectivity index (χ3n) is 2.98. The molecule has 0 atom stereocenters. The average Bonchev–Trinajstić information content (AvgIpc) is 2.86. The Labute approximate surface area is 105 Å². The maximum absolute atomic E-state index is 11.0. The molecule has 0 unspecified atom stereocenters. The Balaban J connectivity index is 1.88. The highest BCUT2D eigenvalue weighted by molar-refractivity contribution is 7.09. The molecule has 1 aromatic rings. The Morgan fingerprint density at radius 2 is 2.35 bits per heavy atom. The molecular weight excluding hydrogens is 238 g/mol. The van der Waals surface area contributed by atoms with E-state index in [2.05, 4.69) is 15.1 Å². The molecule has 0 saturated carbocycles. The van der Waals surface area contributed by atoms with Crippen molar-refractivity contribution >= 4 is 17.3 Å². The second-order valence-corrected chi connectivity index (χ2v) is 5.07. The summed E-state index contributed by atoms with van der Waals surface area (Å²) in [6.45, 7) is 1.67. The van der Waals surface area contributed by atoms with Crippen LogP contribution in [0.25, 0.3) is 0 Å². The van der Waals surface area contributed by atoms with Crippen LogP contribution in [0.2, 0.25) is 0 Å². The number of esters is 1. The van der Waals surface area contributed by atoms with Gasteiger partial charge in [0.2, 0.25) is 0 Å². The Bertz CT molecular complexity index is 372. The summed E-state index contributed by atoms with van der Waals surface area (Å²) in [5.74, 6) is 0.361. The van der Waals surface area contributed by atoms with Crippen LogP contribution in [0.1, 0.15) is 35.9 Å². The maximum atomic E-state index is 11.0. The Morgan fingerprint density at radius 1 is 1.59 bits per heavy atom. The van der Waals surface area contributed by atoms with Crippen molar-refractivity contribution in [1.82, 2.24) is 4.98 Å². The molecule has 5 heteroatoms. The number of carbonyl (C=O) groups is 1. The third kappa shape index (κ3) is 3.51. The zero-order chi connectivity index (χ0) is 12.1. The first-order valence-electron chi connectivity index (χ1n) is 5.88. The molecule has 0 amide bonds. The minimum Gasteiger partial charge on any atom is -0.469 e. The molecule has 0 spiro atoms. The molecule has 1 fully saturated rings. The number of hydrogen-bond donors (Lipinski definition) is 0. The van der Waals surface area contributed by atoms with Gasteiger partial charge in [-0.1, -0.05) is 0 Å². The number of thiazole rings is 1. The number of ether oxygens (including phenoxy) is 2. The number of aromatic nitrogens is 1. The van der Waals surface area contributed by atoms with E-state index in [4.69, 9.17) is 4.74 Å². The van der Waals surface area contributed by atoms with Crippen LogP contribution in [0.4, 0.5) is 0 Å². The van der Waals surface area contributed by atoms with Crippen LogP contribution in [0.15, 0.2) is 5.38 Å². The molecule has 1 aromatic heterocycles. The second-order valence-electron chi connectivity index (χ2n) is 4.13. The summed E-state index contributed by atoms with van der Waals surface area (Å²) in [6.07, 6.45) is 3.21. The Morgan fingerprint density at radius 3 is 3.06 bits per heavy atom. The molecule has 0 aliphatic carbocycles. The van der Waals surface area contributed by atoms with Crippen LogP contribution in [0.3, 0.4) is 0 Å². The topological polar surface area (TPSA) is 48.4 Å². The fourth-order valence-corrected chi connectivity index (χ4v) is 2.81. The highest BCUT2D eigenvalue weighted by atomic mass is 32.1. The van der Waals surface area contributed by atoms with Crippen molar-refractivity contribution in [2.45, 2.75) is 31.6 Å². The summed E-state index contributed by atoms with van der Waals surface area (Å²) in [5.41, 5.74) is 1.16. The quantitative estimate of drug-likeness (QED) is 0.773. The van der Waals surface area contributed by atoms with Gasteiger partial charge in [-0.25, -0.2) is 4.98 Å². The van der Waals surface area contributed by atoms with Crippen LogP contribution in [-0.2, 0) is 20.7 Å². The molecule has 2 rings (SSSR count). The lowest BCUT2D eigenvalue weighted by Crippen LogP contribution is -2.14. The van der Waals surface area contributed by atoms with Crippen molar-refractivity contribution in [2.75, 3.05) is 20.3 Å². The smallest absolute Gasteiger partial charge is 0.305 e. The first kappa shape index (κ1) is 12.5. The van der Waals surface area contributed by atoms with E-state index in [1.807, 2.05) is 0 Å². The van der Waals surface area contributed by atoms with E-state index in [0.29, 0.717) is 18.8 Å². The van der Waals surface area contributed by atoms with Crippen molar-refractivity contribution in [3.63, 3.8) is 0 Å². The molecule has 2 heterocycles. The molecule has 1 saturated heterocycles. The molecular formula is C12H17NO3S. The highest BCUT2D eigenvalue weighted by Gasteiger charge is 2.18. The normalized spacial score (nSPS) is 17.0. The molecule has 1 aliphatic heterocycles. The summed E-state index contributed by atoms with van der Waals surface area (Å²) >= 11 is 1.64. The van der Waals surface area contributed by atoms with Gasteiger partial charge in [0.1, 0.15) is 0 Å². The van der Waals surface area contributed by atoms with Gasteiger partial charge in [0.25, 0.3) is 0 Å². The van der Waals surface area contributed by atoms with Gasteiger partial charge in [-0.15, -0.1) is 11.3 Å². The van der Waals surface area contributed by atoms with Crippen molar-refractivity contribution < 1.29 is 14.3 Å². The maximum Gasteiger partial charge on any atom is 0.305 e. The third-order valence-corrected chi connectivity index (χ3v) is 3.91. The van der Waals surface area contributed by atoms with Gasteiger partial charge in [-0.2, -0.15) is 0 Å². The predicted molar refractivity (Wildman–Crippen MR) is 65.2 cm³/mol. The standard InChI is InChI=1S/C12H17NO3S/c1-15-12(14)3-2-11-13-10(8-17-11)9-4-6-16-7-5-9/h8-9H,2-7H2,1H3. The SMILES string of the molecule is COC(=O)CCc1nc(C2CCOCC2)cs1. The lowest BCUT2D eigenvalue weighted by Gasteiger charge is -2.19. The number of hydrogen-bond acceptors (Lipinski definition) is 5. The highest BCUT2D eigenvalue weighted by Crippen LogP contribution is 2.28. The van der Waals surface area contributed by atoms with E-state index in [1.165, 1.54) is 7.11 Å². The van der Waals surface area contributed by atoms with E-state index < -0.39 is 0 Å². The molecule has 1 aliphatic rings. The van der Waals surface area contributed by atoms with E-state index in [0.717, 1.165) is 36.8 Å².